The van der Waals surface area contributed by atoms with Crippen LogP contribution in [0.2, 0.25) is 0 Å². The van der Waals surface area contributed by atoms with E-state index in [0.717, 1.165) is 25.2 Å². The van der Waals surface area contributed by atoms with Crippen LogP contribution in [0.3, 0.4) is 0 Å². The first kappa shape index (κ1) is 13.2. The molecule has 0 bridgehead atoms. The van der Waals surface area contributed by atoms with Crippen molar-refractivity contribution in [1.29, 1.82) is 0 Å². The Morgan fingerprint density at radius 2 is 2.06 bits per heavy atom. The van der Waals surface area contributed by atoms with Crippen LogP contribution < -0.4 is 5.73 Å². The molecule has 0 radical (unpaired) electrons. The fourth-order valence-electron chi connectivity index (χ4n) is 1.63. The predicted molar refractivity (Wildman–Crippen MR) is 70.4 cm³/mol. The van der Waals surface area contributed by atoms with Gasteiger partial charge in [-0.1, -0.05) is 41.9 Å². The van der Waals surface area contributed by atoms with Crippen LogP contribution in [0.5, 0.6) is 0 Å². The lowest BCUT2D eigenvalue weighted by Gasteiger charge is -2.21. The van der Waals surface area contributed by atoms with Gasteiger partial charge in [0.05, 0.1) is 0 Å². The first-order valence-electron chi connectivity index (χ1n) is 5.48. The first-order chi connectivity index (χ1) is 7.76. The summed E-state index contributed by atoms with van der Waals surface area (Å²) >= 11 is 5.68. The van der Waals surface area contributed by atoms with Crippen molar-refractivity contribution in [2.24, 2.45) is 5.73 Å². The van der Waals surface area contributed by atoms with Crippen LogP contribution in [0.15, 0.2) is 41.4 Å². The zero-order chi connectivity index (χ0) is 11.8. The third-order valence-electron chi connectivity index (χ3n) is 2.35. The lowest BCUT2D eigenvalue weighted by Crippen LogP contribution is -2.30. The smallest absolute Gasteiger partial charge is 0.0237 e. The molecule has 0 aliphatic carbocycles. The molecular weight excluding hydrogens is 220 g/mol. The number of nitrogens with two attached hydrogens (primary N) is 1. The maximum absolute atomic E-state index is 5.68. The van der Waals surface area contributed by atoms with Crippen molar-refractivity contribution in [3.63, 3.8) is 0 Å². The van der Waals surface area contributed by atoms with E-state index in [4.69, 9.17) is 17.3 Å². The maximum atomic E-state index is 5.68. The summed E-state index contributed by atoms with van der Waals surface area (Å²) in [6.45, 7) is 5.37. The third-order valence-corrected chi connectivity index (χ3v) is 2.73. The molecule has 0 aliphatic rings. The normalized spacial score (nSPS) is 12.1. The summed E-state index contributed by atoms with van der Waals surface area (Å²) in [6.07, 6.45) is 0. The van der Waals surface area contributed by atoms with Crippen LogP contribution in [0, 0.1) is 0 Å². The second-order valence-electron chi connectivity index (χ2n) is 3.94. The number of hydrogen-bond donors (Lipinski definition) is 1. The molecule has 2 nitrogen and oxygen atoms in total. The summed E-state index contributed by atoms with van der Waals surface area (Å²) in [5, 5.41) is 0. The zero-order valence-electron chi connectivity index (χ0n) is 9.70. The van der Waals surface area contributed by atoms with E-state index in [0.29, 0.717) is 6.54 Å². The SMILES string of the molecule is C/C(=C/Cl)CN(CCN)Cc1ccccc1. The molecule has 1 rings (SSSR count). The minimum absolute atomic E-state index is 0.669. The lowest BCUT2D eigenvalue weighted by atomic mass is 10.2. The Balaban J connectivity index is 2.57. The van der Waals surface area contributed by atoms with E-state index in [2.05, 4.69) is 29.2 Å². The van der Waals surface area contributed by atoms with Gasteiger partial charge in [0.25, 0.3) is 0 Å². The summed E-state index contributed by atoms with van der Waals surface area (Å²) in [5.74, 6) is 0. The third kappa shape index (κ3) is 4.79. The molecule has 0 aromatic heterocycles. The number of hydrogen-bond acceptors (Lipinski definition) is 2. The molecule has 1 aromatic rings. The van der Waals surface area contributed by atoms with Crippen LogP contribution in [0.4, 0.5) is 0 Å². The van der Waals surface area contributed by atoms with Crippen molar-refractivity contribution in [2.45, 2.75) is 13.5 Å². The van der Waals surface area contributed by atoms with E-state index in [1.54, 1.807) is 5.54 Å². The molecule has 0 amide bonds. The van der Waals surface area contributed by atoms with Crippen molar-refractivity contribution in [1.82, 2.24) is 4.90 Å². The first-order valence-corrected chi connectivity index (χ1v) is 5.92. The van der Waals surface area contributed by atoms with Gasteiger partial charge in [0, 0.05) is 31.7 Å². The van der Waals surface area contributed by atoms with Crippen LogP contribution in [0.1, 0.15) is 12.5 Å². The second-order valence-corrected chi connectivity index (χ2v) is 4.16. The summed E-state index contributed by atoms with van der Waals surface area (Å²) in [7, 11) is 0. The molecule has 3 heteroatoms. The Morgan fingerprint density at radius 3 is 2.62 bits per heavy atom. The van der Waals surface area contributed by atoms with Gasteiger partial charge >= 0.3 is 0 Å². The highest BCUT2D eigenvalue weighted by Gasteiger charge is 2.05. The Kier molecular flexibility index (Phi) is 6.16. The standard InChI is InChI=1S/C13H19ClN2/c1-12(9-14)10-16(8-7-15)11-13-5-3-2-4-6-13/h2-6,9H,7-8,10-11,15H2,1H3/b12-9-. The van der Waals surface area contributed by atoms with Crippen molar-refractivity contribution in [2.75, 3.05) is 19.6 Å². The van der Waals surface area contributed by atoms with E-state index in [-0.39, 0.29) is 0 Å². The molecule has 0 saturated heterocycles. The van der Waals surface area contributed by atoms with Gasteiger partial charge in [0.15, 0.2) is 0 Å². The van der Waals surface area contributed by atoms with Crippen molar-refractivity contribution < 1.29 is 0 Å². The molecule has 0 spiro atoms. The highest BCUT2D eigenvalue weighted by atomic mass is 35.5. The lowest BCUT2D eigenvalue weighted by molar-refractivity contribution is 0.296. The molecule has 0 fully saturated rings. The second kappa shape index (κ2) is 7.44. The van der Waals surface area contributed by atoms with Crippen LogP contribution in [-0.2, 0) is 6.54 Å². The molecule has 16 heavy (non-hydrogen) atoms. The summed E-state index contributed by atoms with van der Waals surface area (Å²) in [4.78, 5) is 2.30. The highest BCUT2D eigenvalue weighted by molar-refractivity contribution is 6.25. The van der Waals surface area contributed by atoms with E-state index in [9.17, 15) is 0 Å². The molecule has 0 heterocycles. The number of halogens is 1. The average molecular weight is 239 g/mol. The molecule has 0 atom stereocenters. The Bertz CT molecular complexity index is 322. The van der Waals surface area contributed by atoms with E-state index < -0.39 is 0 Å². The van der Waals surface area contributed by atoms with Gasteiger partial charge in [-0.15, -0.1) is 0 Å². The Hall–Kier alpha value is -0.830. The molecule has 2 N–H and O–H groups in total. The molecule has 0 aliphatic heterocycles. The molecule has 88 valence electrons. The Morgan fingerprint density at radius 1 is 1.38 bits per heavy atom. The summed E-state index contributed by atoms with van der Waals surface area (Å²) in [5.41, 5.74) is 9.70. The van der Waals surface area contributed by atoms with E-state index in [1.807, 2.05) is 13.0 Å². The minimum Gasteiger partial charge on any atom is -0.329 e. The van der Waals surface area contributed by atoms with Gasteiger partial charge in [0.2, 0.25) is 0 Å². The van der Waals surface area contributed by atoms with Crippen LogP contribution in [-0.4, -0.2) is 24.5 Å². The van der Waals surface area contributed by atoms with Gasteiger partial charge in [0.1, 0.15) is 0 Å². The van der Waals surface area contributed by atoms with Gasteiger partial charge in [-0.05, 0) is 18.1 Å². The molecule has 0 unspecified atom stereocenters. The van der Waals surface area contributed by atoms with Crippen molar-refractivity contribution in [3.05, 3.63) is 47.0 Å². The topological polar surface area (TPSA) is 29.3 Å². The van der Waals surface area contributed by atoms with E-state index in [1.165, 1.54) is 5.56 Å². The number of benzene rings is 1. The van der Waals surface area contributed by atoms with Crippen LogP contribution >= 0.6 is 11.6 Å². The Labute approximate surface area is 103 Å². The van der Waals surface area contributed by atoms with Crippen molar-refractivity contribution in [3.8, 4) is 0 Å². The fraction of sp³-hybridized carbons (Fsp3) is 0.385. The van der Waals surface area contributed by atoms with Gasteiger partial charge in [-0.25, -0.2) is 0 Å². The molecular formula is C13H19ClN2. The maximum Gasteiger partial charge on any atom is 0.0237 e. The number of nitrogens with zero attached hydrogens (tertiary/aromatic N) is 1. The van der Waals surface area contributed by atoms with Crippen molar-refractivity contribution >= 4 is 11.6 Å². The molecule has 1 aromatic carbocycles. The predicted octanol–water partition coefficient (Wildman–Crippen LogP) is 2.59. The van der Waals surface area contributed by atoms with E-state index >= 15 is 0 Å². The zero-order valence-corrected chi connectivity index (χ0v) is 10.5. The van der Waals surface area contributed by atoms with Gasteiger partial charge in [-0.3, -0.25) is 4.90 Å². The average Bonchev–Trinajstić information content (AvgIpc) is 2.30. The fourth-order valence-corrected chi connectivity index (χ4v) is 1.69. The monoisotopic (exact) mass is 238 g/mol. The molecule has 0 saturated carbocycles. The summed E-state index contributed by atoms with van der Waals surface area (Å²) < 4.78 is 0. The number of rotatable bonds is 6. The van der Waals surface area contributed by atoms with Gasteiger partial charge in [-0.2, -0.15) is 0 Å². The van der Waals surface area contributed by atoms with Crippen LogP contribution in [0.25, 0.3) is 0 Å². The largest absolute Gasteiger partial charge is 0.329 e. The van der Waals surface area contributed by atoms with Gasteiger partial charge < -0.3 is 5.73 Å². The quantitative estimate of drug-likeness (QED) is 0.826. The highest BCUT2D eigenvalue weighted by Crippen LogP contribution is 2.07. The summed E-state index contributed by atoms with van der Waals surface area (Å²) in [6, 6.07) is 10.4. The minimum atomic E-state index is 0.669.